The number of hydrogen-bond donors (Lipinski definition) is 7. The van der Waals surface area contributed by atoms with Gasteiger partial charge in [-0.05, 0) is 0 Å². The first-order chi connectivity index (χ1) is 9.42. The van der Waals surface area contributed by atoms with Crippen LogP contribution >= 0.6 is 0 Å². The number of aromatic nitrogens is 2. The van der Waals surface area contributed by atoms with Crippen LogP contribution in [0.3, 0.4) is 0 Å². The number of aliphatic hydroxyl groups is 4. The summed E-state index contributed by atoms with van der Waals surface area (Å²) in [4.78, 5) is 26.4. The summed E-state index contributed by atoms with van der Waals surface area (Å²) < 4.78 is 5.16. The van der Waals surface area contributed by atoms with Crippen molar-refractivity contribution < 1.29 is 25.2 Å². The highest BCUT2D eigenvalue weighted by molar-refractivity contribution is 5.33. The zero-order valence-corrected chi connectivity index (χ0v) is 10.2. The molecule has 0 radical (unpaired) electrons. The van der Waals surface area contributed by atoms with E-state index in [0.717, 1.165) is 6.07 Å². The Labute approximate surface area is 111 Å². The van der Waals surface area contributed by atoms with Crippen molar-refractivity contribution in [2.24, 2.45) is 0 Å². The molecule has 2 rings (SSSR count). The van der Waals surface area contributed by atoms with Crippen LogP contribution in [-0.2, 0) is 4.74 Å². The molecule has 1 aromatic rings. The molecule has 0 aromatic carbocycles. The van der Waals surface area contributed by atoms with Crippen molar-refractivity contribution in [3.63, 3.8) is 0 Å². The second kappa shape index (κ2) is 5.73. The van der Waals surface area contributed by atoms with Gasteiger partial charge in [0.25, 0.3) is 5.56 Å². The number of aromatic amines is 2. The lowest BCUT2D eigenvalue weighted by atomic mass is 9.98. The SMILES string of the molecule is O=c1cc(N[C@@H]2O[C@@H](CO)[C@@H](O)[C@@H](O)[C@H]2O)[nH]c(=O)[nH]1. The van der Waals surface area contributed by atoms with E-state index in [1.807, 2.05) is 4.98 Å². The molecule has 112 valence electrons. The maximum atomic E-state index is 11.1. The first-order valence-electron chi connectivity index (χ1n) is 5.83. The fourth-order valence-corrected chi connectivity index (χ4v) is 1.92. The molecule has 0 spiro atoms. The summed E-state index contributed by atoms with van der Waals surface area (Å²) >= 11 is 0. The van der Waals surface area contributed by atoms with Gasteiger partial charge in [-0.2, -0.15) is 0 Å². The molecule has 0 unspecified atom stereocenters. The number of anilines is 1. The van der Waals surface area contributed by atoms with Gasteiger partial charge >= 0.3 is 5.69 Å². The molecule has 10 heteroatoms. The molecule has 0 saturated carbocycles. The molecule has 2 heterocycles. The Balaban J connectivity index is 2.19. The molecule has 1 aliphatic rings. The smallest absolute Gasteiger partial charge is 0.327 e. The summed E-state index contributed by atoms with van der Waals surface area (Å²) in [6, 6.07) is 1.02. The predicted molar refractivity (Wildman–Crippen MR) is 65.1 cm³/mol. The third-order valence-electron chi connectivity index (χ3n) is 2.95. The van der Waals surface area contributed by atoms with Gasteiger partial charge in [0.05, 0.1) is 6.61 Å². The van der Waals surface area contributed by atoms with E-state index in [-0.39, 0.29) is 5.82 Å². The largest absolute Gasteiger partial charge is 0.394 e. The Kier molecular flexibility index (Phi) is 4.20. The number of hydrogen-bond acceptors (Lipinski definition) is 8. The Hall–Kier alpha value is -1.72. The molecule has 5 atom stereocenters. The van der Waals surface area contributed by atoms with E-state index >= 15 is 0 Å². The fraction of sp³-hybridized carbons (Fsp3) is 0.600. The second-order valence-corrected chi connectivity index (χ2v) is 4.40. The molecule has 0 bridgehead atoms. The Morgan fingerprint density at radius 3 is 2.45 bits per heavy atom. The van der Waals surface area contributed by atoms with E-state index in [4.69, 9.17) is 9.84 Å². The average Bonchev–Trinajstić information content (AvgIpc) is 2.38. The maximum Gasteiger partial charge on any atom is 0.327 e. The molecule has 20 heavy (non-hydrogen) atoms. The van der Waals surface area contributed by atoms with Gasteiger partial charge in [0, 0.05) is 6.07 Å². The monoisotopic (exact) mass is 289 g/mol. The summed E-state index contributed by atoms with van der Waals surface area (Å²) in [5.74, 6) is -0.0388. The third-order valence-corrected chi connectivity index (χ3v) is 2.95. The van der Waals surface area contributed by atoms with Gasteiger partial charge in [0.15, 0.2) is 6.23 Å². The lowest BCUT2D eigenvalue weighted by Gasteiger charge is -2.40. The summed E-state index contributed by atoms with van der Waals surface area (Å²) in [6.07, 6.45) is -6.85. The van der Waals surface area contributed by atoms with E-state index < -0.39 is 48.5 Å². The standard InChI is InChI=1S/C10H15N3O7/c14-2-3-6(16)7(17)8(18)9(20-3)11-4-1-5(15)13-10(19)12-4/h1,3,6-9,14,16-18H,2H2,(H3,11,12,13,15,19)/t3-,6+,7+,8+,9+/m0/s1. The summed E-state index contributed by atoms with van der Waals surface area (Å²) in [6.45, 7) is -0.574. The van der Waals surface area contributed by atoms with Crippen molar-refractivity contribution in [3.05, 3.63) is 26.9 Å². The van der Waals surface area contributed by atoms with Crippen molar-refractivity contribution in [1.82, 2.24) is 9.97 Å². The van der Waals surface area contributed by atoms with Gasteiger partial charge < -0.3 is 30.5 Å². The van der Waals surface area contributed by atoms with Gasteiger partial charge in [-0.25, -0.2) is 4.79 Å². The van der Waals surface area contributed by atoms with Crippen LogP contribution in [0.4, 0.5) is 5.82 Å². The number of nitrogens with one attached hydrogen (secondary N) is 3. The minimum Gasteiger partial charge on any atom is -0.394 e. The van der Waals surface area contributed by atoms with Gasteiger partial charge in [-0.1, -0.05) is 0 Å². The van der Waals surface area contributed by atoms with Crippen LogP contribution in [0, 0.1) is 0 Å². The maximum absolute atomic E-state index is 11.1. The van der Waals surface area contributed by atoms with E-state index in [1.165, 1.54) is 0 Å². The molecule has 1 fully saturated rings. The number of aliphatic hydroxyl groups excluding tert-OH is 4. The van der Waals surface area contributed by atoms with Crippen LogP contribution in [0.1, 0.15) is 0 Å². The minimum atomic E-state index is -1.55. The first kappa shape index (κ1) is 14.7. The van der Waals surface area contributed by atoms with Crippen LogP contribution in [-0.4, -0.2) is 67.6 Å². The zero-order chi connectivity index (χ0) is 14.9. The van der Waals surface area contributed by atoms with Gasteiger partial charge in [0.1, 0.15) is 30.2 Å². The first-order valence-corrected chi connectivity index (χ1v) is 5.83. The Morgan fingerprint density at radius 1 is 1.15 bits per heavy atom. The van der Waals surface area contributed by atoms with Gasteiger partial charge in [0.2, 0.25) is 0 Å². The highest BCUT2D eigenvalue weighted by Crippen LogP contribution is 2.21. The Morgan fingerprint density at radius 2 is 1.85 bits per heavy atom. The van der Waals surface area contributed by atoms with Crippen molar-refractivity contribution in [2.45, 2.75) is 30.6 Å². The van der Waals surface area contributed by atoms with Crippen molar-refractivity contribution in [3.8, 4) is 0 Å². The topological polar surface area (TPSA) is 168 Å². The van der Waals surface area contributed by atoms with Crippen LogP contribution in [0.2, 0.25) is 0 Å². The molecular formula is C10H15N3O7. The van der Waals surface area contributed by atoms with E-state index in [2.05, 4.69) is 10.3 Å². The van der Waals surface area contributed by atoms with E-state index in [0.29, 0.717) is 0 Å². The predicted octanol–water partition coefficient (Wildman–Crippen LogP) is -3.72. The molecule has 1 aliphatic heterocycles. The zero-order valence-electron chi connectivity index (χ0n) is 10.2. The lowest BCUT2D eigenvalue weighted by Crippen LogP contribution is -2.60. The average molecular weight is 289 g/mol. The quantitative estimate of drug-likeness (QED) is 0.298. The normalized spacial score (nSPS) is 33.9. The summed E-state index contributed by atoms with van der Waals surface area (Å²) in [7, 11) is 0. The van der Waals surface area contributed by atoms with Crippen LogP contribution < -0.4 is 16.6 Å². The van der Waals surface area contributed by atoms with E-state index in [1.54, 1.807) is 0 Å². The van der Waals surface area contributed by atoms with Gasteiger partial charge in [-0.3, -0.25) is 14.8 Å². The molecule has 0 aliphatic carbocycles. The van der Waals surface area contributed by atoms with E-state index in [9.17, 15) is 24.9 Å². The molecule has 10 nitrogen and oxygen atoms in total. The Bertz CT molecular complexity index is 540. The number of rotatable bonds is 3. The summed E-state index contributed by atoms with van der Waals surface area (Å²) in [5.41, 5.74) is -1.43. The van der Waals surface area contributed by atoms with Gasteiger partial charge in [-0.15, -0.1) is 0 Å². The highest BCUT2D eigenvalue weighted by Gasteiger charge is 2.43. The lowest BCUT2D eigenvalue weighted by molar-refractivity contribution is -0.221. The highest BCUT2D eigenvalue weighted by atomic mass is 16.6. The second-order valence-electron chi connectivity index (χ2n) is 4.40. The molecule has 1 saturated heterocycles. The summed E-state index contributed by atoms with van der Waals surface area (Å²) in [5, 5.41) is 40.5. The van der Waals surface area contributed by atoms with Crippen LogP contribution in [0.25, 0.3) is 0 Å². The third kappa shape index (κ3) is 2.89. The van der Waals surface area contributed by atoms with Crippen molar-refractivity contribution in [1.29, 1.82) is 0 Å². The van der Waals surface area contributed by atoms with Crippen LogP contribution in [0.15, 0.2) is 15.7 Å². The minimum absolute atomic E-state index is 0.0388. The molecule has 0 amide bonds. The fourth-order valence-electron chi connectivity index (χ4n) is 1.92. The number of H-pyrrole nitrogens is 2. The van der Waals surface area contributed by atoms with Crippen molar-refractivity contribution >= 4 is 5.82 Å². The van der Waals surface area contributed by atoms with Crippen LogP contribution in [0.5, 0.6) is 0 Å². The molecule has 1 aromatic heterocycles. The number of ether oxygens (including phenoxy) is 1. The van der Waals surface area contributed by atoms with Crippen molar-refractivity contribution in [2.75, 3.05) is 11.9 Å². The molecular weight excluding hydrogens is 274 g/mol. The molecule has 7 N–H and O–H groups in total.